The zero-order valence-electron chi connectivity index (χ0n) is 20.2. The average molecular weight is 457 g/mol. The zero-order chi connectivity index (χ0) is 21.6. The van der Waals surface area contributed by atoms with Crippen molar-refractivity contribution in [2.45, 2.75) is 148 Å². The summed E-state index contributed by atoms with van der Waals surface area (Å²) in [6, 6.07) is 0. The summed E-state index contributed by atoms with van der Waals surface area (Å²) >= 11 is 0. The fraction of sp³-hybridized carbons (Fsp3) is 1.00. The van der Waals surface area contributed by atoms with Gasteiger partial charge in [-0.2, -0.15) is 0 Å². The van der Waals surface area contributed by atoms with Crippen LogP contribution in [0.4, 0.5) is 0 Å². The Morgan fingerprint density at radius 1 is 0.600 bits per heavy atom. The van der Waals surface area contributed by atoms with Crippen molar-refractivity contribution in [2.24, 2.45) is 0 Å². The number of aliphatic hydroxyl groups is 1. The van der Waals surface area contributed by atoms with Crippen molar-refractivity contribution in [3.05, 3.63) is 0 Å². The molecule has 0 aliphatic carbocycles. The van der Waals surface area contributed by atoms with Crippen LogP contribution in [0.3, 0.4) is 0 Å². The molecule has 0 aromatic rings. The molecule has 0 aromatic carbocycles. The molecule has 0 amide bonds. The summed E-state index contributed by atoms with van der Waals surface area (Å²) in [7, 11) is -4.01. The summed E-state index contributed by atoms with van der Waals surface area (Å²) in [5.74, 6) is -0.199. The monoisotopic (exact) mass is 456 g/mol. The molecule has 0 radical (unpaired) electrons. The van der Waals surface area contributed by atoms with Crippen LogP contribution in [0.5, 0.6) is 0 Å². The van der Waals surface area contributed by atoms with E-state index in [0.717, 1.165) is 32.1 Å². The Kier molecular flexibility index (Phi) is 27.0. The molecule has 30 heavy (non-hydrogen) atoms. The van der Waals surface area contributed by atoms with E-state index in [2.05, 4.69) is 6.92 Å². The smallest absolute Gasteiger partial charge is 0.748 e. The number of hydrogen-bond acceptors (Lipinski definition) is 4. The van der Waals surface area contributed by atoms with E-state index < -0.39 is 10.1 Å². The van der Waals surface area contributed by atoms with Crippen LogP contribution in [0, 0.1) is 0 Å². The van der Waals surface area contributed by atoms with Gasteiger partial charge in [0.25, 0.3) is 0 Å². The maximum atomic E-state index is 10.5. The average Bonchev–Trinajstić information content (AvgIpc) is 2.66. The van der Waals surface area contributed by atoms with Crippen molar-refractivity contribution in [1.29, 1.82) is 0 Å². The van der Waals surface area contributed by atoms with Gasteiger partial charge < -0.3 is 9.66 Å². The first-order valence-corrected chi connectivity index (χ1v) is 14.1. The normalized spacial score (nSPS) is 12.6. The third kappa shape index (κ3) is 28.9. The van der Waals surface area contributed by atoms with Gasteiger partial charge >= 0.3 is 29.6 Å². The van der Waals surface area contributed by atoms with Gasteiger partial charge in [-0.15, -0.1) is 0 Å². The molecular formula is C24H49NaO4S. The number of aliphatic hydroxyl groups excluding tert-OH is 1. The van der Waals surface area contributed by atoms with E-state index in [1.165, 1.54) is 96.3 Å². The van der Waals surface area contributed by atoms with Crippen LogP contribution in [-0.4, -0.2) is 29.9 Å². The molecular weight excluding hydrogens is 407 g/mol. The molecule has 1 N–H and O–H groups in total. The molecule has 0 heterocycles. The third-order valence-electron chi connectivity index (χ3n) is 5.82. The van der Waals surface area contributed by atoms with Crippen LogP contribution < -0.4 is 29.6 Å². The summed E-state index contributed by atoms with van der Waals surface area (Å²) in [5.41, 5.74) is 0. The second-order valence-corrected chi connectivity index (χ2v) is 10.4. The van der Waals surface area contributed by atoms with E-state index in [0.29, 0.717) is 6.42 Å². The molecule has 0 bridgehead atoms. The van der Waals surface area contributed by atoms with Gasteiger partial charge in [0.1, 0.15) is 0 Å². The SMILES string of the molecule is CCCCCC(O)CCCCCCCCCCCCCCCCCCS(=O)(=O)[O-].[Na+]. The van der Waals surface area contributed by atoms with E-state index >= 15 is 0 Å². The molecule has 0 aliphatic heterocycles. The fourth-order valence-corrected chi connectivity index (χ4v) is 4.47. The number of rotatable bonds is 23. The van der Waals surface area contributed by atoms with Crippen LogP contribution in [0.25, 0.3) is 0 Å². The van der Waals surface area contributed by atoms with Crippen molar-refractivity contribution >= 4 is 10.1 Å². The Balaban J connectivity index is 0. The molecule has 4 nitrogen and oxygen atoms in total. The second kappa shape index (κ2) is 24.5. The van der Waals surface area contributed by atoms with E-state index in [1.54, 1.807) is 0 Å². The van der Waals surface area contributed by atoms with E-state index in [9.17, 15) is 18.1 Å². The topological polar surface area (TPSA) is 77.4 Å². The molecule has 6 heteroatoms. The largest absolute Gasteiger partial charge is 1.00 e. The third-order valence-corrected chi connectivity index (χ3v) is 6.61. The molecule has 1 unspecified atom stereocenters. The molecule has 0 saturated carbocycles. The van der Waals surface area contributed by atoms with Gasteiger partial charge in [-0.3, -0.25) is 0 Å². The van der Waals surface area contributed by atoms with E-state index in [4.69, 9.17) is 0 Å². The van der Waals surface area contributed by atoms with Crippen molar-refractivity contribution in [3.63, 3.8) is 0 Å². The standard InChI is InChI=1S/C24H50O4S.Na/c1-2-3-18-21-24(25)22-19-16-14-12-10-8-6-4-5-7-9-11-13-15-17-20-23-29(26,27)28;/h24-25H,2-23H2,1H3,(H,26,27,28);/q;+1/p-1. The van der Waals surface area contributed by atoms with Crippen LogP contribution in [0.2, 0.25) is 0 Å². The van der Waals surface area contributed by atoms with Crippen molar-refractivity contribution < 1.29 is 47.6 Å². The van der Waals surface area contributed by atoms with E-state index in [-0.39, 0.29) is 41.4 Å². The molecule has 0 rings (SSSR count). The summed E-state index contributed by atoms with van der Waals surface area (Å²) in [4.78, 5) is 0. The summed E-state index contributed by atoms with van der Waals surface area (Å²) in [5, 5.41) is 9.90. The summed E-state index contributed by atoms with van der Waals surface area (Å²) in [6.07, 6.45) is 24.9. The van der Waals surface area contributed by atoms with Crippen molar-refractivity contribution in [1.82, 2.24) is 0 Å². The van der Waals surface area contributed by atoms with Gasteiger partial charge in [-0.25, -0.2) is 8.42 Å². The maximum Gasteiger partial charge on any atom is 1.00 e. The fourth-order valence-electron chi connectivity index (χ4n) is 3.91. The number of unbranched alkanes of at least 4 members (excludes halogenated alkanes) is 17. The molecule has 0 fully saturated rings. The zero-order valence-corrected chi connectivity index (χ0v) is 23.0. The molecule has 0 aromatic heterocycles. The molecule has 0 spiro atoms. The van der Waals surface area contributed by atoms with Gasteiger partial charge in [0.05, 0.1) is 16.2 Å². The van der Waals surface area contributed by atoms with Crippen LogP contribution in [-0.2, 0) is 10.1 Å². The first-order valence-electron chi connectivity index (χ1n) is 12.6. The predicted molar refractivity (Wildman–Crippen MR) is 123 cm³/mol. The molecule has 0 saturated heterocycles. The predicted octanol–water partition coefficient (Wildman–Crippen LogP) is 4.11. The van der Waals surface area contributed by atoms with Crippen molar-refractivity contribution in [2.75, 3.05) is 5.75 Å². The van der Waals surface area contributed by atoms with E-state index in [1.807, 2.05) is 0 Å². The summed E-state index contributed by atoms with van der Waals surface area (Å²) < 4.78 is 31.5. The minimum absolute atomic E-state index is 0. The van der Waals surface area contributed by atoms with Crippen LogP contribution in [0.1, 0.15) is 142 Å². The Morgan fingerprint density at radius 3 is 1.23 bits per heavy atom. The van der Waals surface area contributed by atoms with Crippen molar-refractivity contribution in [3.8, 4) is 0 Å². The second-order valence-electron chi connectivity index (χ2n) is 8.86. The van der Waals surface area contributed by atoms with Crippen LogP contribution in [0.15, 0.2) is 0 Å². The van der Waals surface area contributed by atoms with Gasteiger partial charge in [0, 0.05) is 5.75 Å². The summed E-state index contributed by atoms with van der Waals surface area (Å²) in [6.45, 7) is 2.20. The quantitative estimate of drug-likeness (QED) is 0.143. The molecule has 0 aliphatic rings. The minimum atomic E-state index is -4.01. The van der Waals surface area contributed by atoms with Gasteiger partial charge in [0.15, 0.2) is 0 Å². The Bertz CT molecular complexity index is 429. The molecule has 176 valence electrons. The Labute approximate surface area is 210 Å². The Hall–Kier alpha value is 0.870. The van der Waals surface area contributed by atoms with Gasteiger partial charge in [0.2, 0.25) is 0 Å². The minimum Gasteiger partial charge on any atom is -0.748 e. The first-order chi connectivity index (χ1) is 14.0. The molecule has 1 atom stereocenters. The number of hydrogen-bond donors (Lipinski definition) is 1. The Morgan fingerprint density at radius 2 is 0.900 bits per heavy atom. The van der Waals surface area contributed by atoms with Gasteiger partial charge in [-0.1, -0.05) is 122 Å². The van der Waals surface area contributed by atoms with Gasteiger partial charge in [-0.05, 0) is 19.3 Å². The first kappa shape index (κ1) is 33.0. The van der Waals surface area contributed by atoms with Crippen LogP contribution >= 0.6 is 0 Å². The maximum absolute atomic E-state index is 10.5.